The van der Waals surface area contributed by atoms with Gasteiger partial charge in [0.25, 0.3) is 0 Å². The fraction of sp³-hybridized carbons (Fsp3) is 0.333. The molecule has 11 heteroatoms. The van der Waals surface area contributed by atoms with Gasteiger partial charge in [-0.15, -0.1) is 0 Å². The predicted molar refractivity (Wildman–Crippen MR) is 106 cm³/mol. The van der Waals surface area contributed by atoms with E-state index in [1.54, 1.807) is 12.1 Å². The molecule has 0 saturated carbocycles. The number of aromatic hydroxyl groups is 1. The molecular weight excluding hydrogens is 428 g/mol. The van der Waals surface area contributed by atoms with E-state index in [9.17, 15) is 35.1 Å². The van der Waals surface area contributed by atoms with E-state index in [0.29, 0.717) is 5.56 Å². The summed E-state index contributed by atoms with van der Waals surface area (Å²) in [5.74, 6) is -1.31. The zero-order valence-electron chi connectivity index (χ0n) is 16.6. The van der Waals surface area contributed by atoms with Crippen LogP contribution in [0.15, 0.2) is 51.9 Å². The van der Waals surface area contributed by atoms with Crippen molar-refractivity contribution in [2.45, 2.75) is 37.3 Å². The third-order valence-corrected chi connectivity index (χ3v) is 4.64. The lowest BCUT2D eigenvalue weighted by atomic mass is 9.99. The lowest BCUT2D eigenvalue weighted by Gasteiger charge is -2.39. The maximum atomic E-state index is 12.2. The Labute approximate surface area is 181 Å². The van der Waals surface area contributed by atoms with E-state index in [4.69, 9.17) is 18.6 Å². The van der Waals surface area contributed by atoms with Crippen LogP contribution in [0.1, 0.15) is 11.3 Å². The second-order valence-corrected chi connectivity index (χ2v) is 6.88. The minimum atomic E-state index is -1.74. The van der Waals surface area contributed by atoms with Crippen molar-refractivity contribution in [2.24, 2.45) is 0 Å². The van der Waals surface area contributed by atoms with Gasteiger partial charge in [0.15, 0.2) is 12.4 Å². The third kappa shape index (κ3) is 5.52. The van der Waals surface area contributed by atoms with E-state index in [0.717, 1.165) is 18.4 Å². The number of aliphatic hydroxyl groups excluding tert-OH is 4. The molecule has 0 amide bonds. The maximum absolute atomic E-state index is 12.2. The van der Waals surface area contributed by atoms with E-state index in [1.165, 1.54) is 18.2 Å². The van der Waals surface area contributed by atoms with Gasteiger partial charge in [0, 0.05) is 12.1 Å². The first-order chi connectivity index (χ1) is 15.3. The van der Waals surface area contributed by atoms with Gasteiger partial charge in [0.1, 0.15) is 30.2 Å². The van der Waals surface area contributed by atoms with Crippen LogP contribution in [0.3, 0.4) is 0 Å². The molecule has 0 spiro atoms. The molecule has 172 valence electrons. The van der Waals surface area contributed by atoms with Crippen LogP contribution >= 0.6 is 0 Å². The van der Waals surface area contributed by atoms with E-state index in [2.05, 4.69) is 0 Å². The average molecular weight is 450 g/mol. The fourth-order valence-corrected chi connectivity index (χ4v) is 2.88. The zero-order valence-corrected chi connectivity index (χ0v) is 16.6. The Bertz CT molecular complexity index is 996. The summed E-state index contributed by atoms with van der Waals surface area (Å²) < 4.78 is 20.8. The van der Waals surface area contributed by atoms with E-state index < -0.39 is 61.1 Å². The molecule has 1 aromatic heterocycles. The van der Waals surface area contributed by atoms with Crippen LogP contribution in [0.2, 0.25) is 0 Å². The quantitative estimate of drug-likeness (QED) is 0.266. The molecule has 32 heavy (non-hydrogen) atoms. The van der Waals surface area contributed by atoms with Crippen LogP contribution in [-0.2, 0) is 20.9 Å². The summed E-state index contributed by atoms with van der Waals surface area (Å²) in [6, 6.07) is 7.09. The molecular formula is C21H22O11. The highest BCUT2D eigenvalue weighted by Gasteiger charge is 2.45. The van der Waals surface area contributed by atoms with Gasteiger partial charge in [-0.2, -0.15) is 0 Å². The molecule has 1 saturated heterocycles. The SMILES string of the molecule is O=C(C=Cc1ccc(O)cc1)OCc1occc(=O)c1OC1OC(CO)C(O)C(O)C1O. The summed E-state index contributed by atoms with van der Waals surface area (Å²) in [6.45, 7) is -1.17. The number of hydrogen-bond acceptors (Lipinski definition) is 11. The van der Waals surface area contributed by atoms with Crippen molar-refractivity contribution >= 4 is 12.0 Å². The van der Waals surface area contributed by atoms with E-state index >= 15 is 0 Å². The number of rotatable bonds is 7. The number of esters is 1. The Kier molecular flexibility index (Phi) is 7.62. The van der Waals surface area contributed by atoms with Crippen molar-refractivity contribution in [3.63, 3.8) is 0 Å². The van der Waals surface area contributed by atoms with Gasteiger partial charge in [-0.25, -0.2) is 4.79 Å². The Morgan fingerprint density at radius 3 is 2.47 bits per heavy atom. The number of aliphatic hydroxyl groups is 4. The number of phenols is 1. The molecule has 1 aliphatic heterocycles. The normalized spacial score (nSPS) is 25.6. The van der Waals surface area contributed by atoms with Crippen LogP contribution in [0, 0.1) is 0 Å². The molecule has 5 atom stereocenters. The lowest BCUT2D eigenvalue weighted by Crippen LogP contribution is -2.60. The molecule has 5 unspecified atom stereocenters. The summed E-state index contributed by atoms with van der Waals surface area (Å²) >= 11 is 0. The van der Waals surface area contributed by atoms with Gasteiger partial charge < -0.3 is 44.2 Å². The molecule has 0 radical (unpaired) electrons. The van der Waals surface area contributed by atoms with Crippen molar-refractivity contribution in [1.82, 2.24) is 0 Å². The Hall–Kier alpha value is -3.22. The molecule has 1 aromatic carbocycles. The molecule has 1 fully saturated rings. The molecule has 1 aliphatic rings. The van der Waals surface area contributed by atoms with Crippen LogP contribution in [0.5, 0.6) is 11.5 Å². The summed E-state index contributed by atoms with van der Waals surface area (Å²) in [4.78, 5) is 24.2. The number of hydrogen-bond donors (Lipinski definition) is 5. The van der Waals surface area contributed by atoms with Crippen LogP contribution in [0.4, 0.5) is 0 Å². The number of carbonyl (C=O) groups is 1. The summed E-state index contributed by atoms with van der Waals surface area (Å²) in [5.41, 5.74) is -0.0449. The van der Waals surface area contributed by atoms with Gasteiger partial charge in [0.05, 0.1) is 12.9 Å². The van der Waals surface area contributed by atoms with Crippen molar-refractivity contribution in [3.8, 4) is 11.5 Å². The Balaban J connectivity index is 1.68. The maximum Gasteiger partial charge on any atom is 0.331 e. The number of phenolic OH excluding ortho intramolecular Hbond substituents is 1. The lowest BCUT2D eigenvalue weighted by molar-refractivity contribution is -0.278. The van der Waals surface area contributed by atoms with Gasteiger partial charge >= 0.3 is 5.97 Å². The molecule has 2 heterocycles. The Morgan fingerprint density at radius 2 is 1.78 bits per heavy atom. The van der Waals surface area contributed by atoms with Gasteiger partial charge in [-0.1, -0.05) is 12.1 Å². The smallest absolute Gasteiger partial charge is 0.331 e. The highest BCUT2D eigenvalue weighted by Crippen LogP contribution is 2.25. The molecule has 0 bridgehead atoms. The van der Waals surface area contributed by atoms with E-state index in [-0.39, 0.29) is 11.5 Å². The standard InChI is InChI=1S/C21H22O11/c22-9-14-17(26)18(27)19(28)21(31-14)32-20-13(24)7-8-29-15(20)10-30-16(25)6-3-11-1-4-12(23)5-2-11/h1-8,14,17-19,21-23,26-28H,9-10H2. The monoisotopic (exact) mass is 450 g/mol. The fourth-order valence-electron chi connectivity index (χ4n) is 2.88. The average Bonchev–Trinajstić information content (AvgIpc) is 2.79. The van der Waals surface area contributed by atoms with Crippen LogP contribution in [0.25, 0.3) is 6.08 Å². The highest BCUT2D eigenvalue weighted by atomic mass is 16.7. The van der Waals surface area contributed by atoms with Gasteiger partial charge in [0.2, 0.25) is 17.5 Å². The topological polar surface area (TPSA) is 176 Å². The summed E-state index contributed by atoms with van der Waals surface area (Å²) in [5, 5.41) is 48.3. The van der Waals surface area contributed by atoms with Crippen LogP contribution in [-0.4, -0.2) is 68.8 Å². The number of ether oxygens (including phenoxy) is 3. The first kappa shape index (κ1) is 23.4. The predicted octanol–water partition coefficient (Wildman–Crippen LogP) is -0.719. The van der Waals surface area contributed by atoms with Crippen molar-refractivity contribution in [2.75, 3.05) is 6.61 Å². The first-order valence-corrected chi connectivity index (χ1v) is 9.52. The van der Waals surface area contributed by atoms with Crippen molar-refractivity contribution in [3.05, 3.63) is 64.2 Å². The number of carbonyl (C=O) groups excluding carboxylic acids is 1. The second kappa shape index (κ2) is 10.4. The largest absolute Gasteiger partial charge is 0.508 e. The van der Waals surface area contributed by atoms with Crippen LogP contribution < -0.4 is 10.2 Å². The number of benzene rings is 1. The molecule has 2 aromatic rings. The summed E-state index contributed by atoms with van der Waals surface area (Å²) in [7, 11) is 0. The second-order valence-electron chi connectivity index (χ2n) is 6.88. The van der Waals surface area contributed by atoms with Crippen molar-refractivity contribution < 1.29 is 49.0 Å². The van der Waals surface area contributed by atoms with Crippen molar-refractivity contribution in [1.29, 1.82) is 0 Å². The molecule has 0 aliphatic carbocycles. The third-order valence-electron chi connectivity index (χ3n) is 4.64. The first-order valence-electron chi connectivity index (χ1n) is 9.52. The highest BCUT2D eigenvalue weighted by molar-refractivity contribution is 5.87. The zero-order chi connectivity index (χ0) is 23.3. The summed E-state index contributed by atoms with van der Waals surface area (Å²) in [6.07, 6.45) is -4.25. The molecule has 5 N–H and O–H groups in total. The molecule has 11 nitrogen and oxygen atoms in total. The van der Waals surface area contributed by atoms with Gasteiger partial charge in [-0.3, -0.25) is 4.79 Å². The van der Waals surface area contributed by atoms with Gasteiger partial charge in [-0.05, 0) is 23.8 Å². The minimum Gasteiger partial charge on any atom is -0.508 e. The molecule has 3 rings (SSSR count). The van der Waals surface area contributed by atoms with E-state index in [1.807, 2.05) is 0 Å². The minimum absolute atomic E-state index is 0.0794. The Morgan fingerprint density at radius 1 is 1.06 bits per heavy atom.